The van der Waals surface area contributed by atoms with Gasteiger partial charge in [0.2, 0.25) is 0 Å². The second kappa shape index (κ2) is 5.06. The summed E-state index contributed by atoms with van der Waals surface area (Å²) in [6, 6.07) is 9.48. The summed E-state index contributed by atoms with van der Waals surface area (Å²) in [7, 11) is 0. The molecule has 0 saturated heterocycles. The molecule has 1 saturated carbocycles. The Morgan fingerprint density at radius 2 is 1.90 bits per heavy atom. The predicted octanol–water partition coefficient (Wildman–Crippen LogP) is 3.63. The van der Waals surface area contributed by atoms with Crippen molar-refractivity contribution in [2.45, 2.75) is 51.6 Å². The molecule has 3 rings (SSSR count). The zero-order valence-electron chi connectivity index (χ0n) is 12.5. The summed E-state index contributed by atoms with van der Waals surface area (Å²) in [6.45, 7) is 7.55. The van der Waals surface area contributed by atoms with Gasteiger partial charge in [0, 0.05) is 6.04 Å². The smallest absolute Gasteiger partial charge is 0.120 e. The zero-order valence-corrected chi connectivity index (χ0v) is 12.5. The molecule has 1 fully saturated rings. The Bertz CT molecular complexity index is 571. The zero-order chi connectivity index (χ0) is 14.2. The highest BCUT2D eigenvalue weighted by molar-refractivity contribution is 5.59. The minimum Gasteiger partial charge on any atom is -0.341 e. The van der Waals surface area contributed by atoms with Crippen LogP contribution >= 0.6 is 0 Å². The maximum atomic E-state index is 4.45. The van der Waals surface area contributed by atoms with Crippen LogP contribution < -0.4 is 5.32 Å². The number of hydrogen-bond donors (Lipinski definition) is 2. The molecule has 106 valence electrons. The maximum absolute atomic E-state index is 4.45. The number of nitrogens with zero attached hydrogens (tertiary/aromatic N) is 1. The van der Waals surface area contributed by atoms with E-state index in [0.29, 0.717) is 0 Å². The molecule has 0 bridgehead atoms. The lowest BCUT2D eigenvalue weighted by molar-refractivity contribution is 0.590. The van der Waals surface area contributed by atoms with Crippen molar-refractivity contribution in [2.75, 3.05) is 0 Å². The number of nitrogens with one attached hydrogen (secondary N) is 2. The van der Waals surface area contributed by atoms with Crippen LogP contribution in [0, 0.1) is 0 Å². The van der Waals surface area contributed by atoms with Gasteiger partial charge in [0.1, 0.15) is 5.82 Å². The Morgan fingerprint density at radius 3 is 2.50 bits per heavy atom. The van der Waals surface area contributed by atoms with Crippen molar-refractivity contribution in [2.24, 2.45) is 0 Å². The molecule has 0 atom stereocenters. The van der Waals surface area contributed by atoms with Crippen molar-refractivity contribution in [1.29, 1.82) is 0 Å². The number of benzene rings is 1. The molecule has 2 N–H and O–H groups in total. The summed E-state index contributed by atoms with van der Waals surface area (Å²) in [5.41, 5.74) is 3.85. The maximum Gasteiger partial charge on any atom is 0.120 e. The van der Waals surface area contributed by atoms with E-state index in [-0.39, 0.29) is 5.41 Å². The van der Waals surface area contributed by atoms with Crippen molar-refractivity contribution in [3.8, 4) is 11.3 Å². The Kier molecular flexibility index (Phi) is 3.38. The number of aromatic nitrogens is 2. The van der Waals surface area contributed by atoms with E-state index < -0.39 is 0 Å². The van der Waals surface area contributed by atoms with Crippen LogP contribution in [0.2, 0.25) is 0 Å². The van der Waals surface area contributed by atoms with Gasteiger partial charge in [-0.15, -0.1) is 0 Å². The molecular weight excluding hydrogens is 246 g/mol. The largest absolute Gasteiger partial charge is 0.341 e. The molecule has 0 spiro atoms. The van der Waals surface area contributed by atoms with Gasteiger partial charge in [0.15, 0.2) is 0 Å². The first-order chi connectivity index (χ1) is 9.52. The Morgan fingerprint density at radius 1 is 1.20 bits per heavy atom. The van der Waals surface area contributed by atoms with Crippen LogP contribution in [0.15, 0.2) is 30.5 Å². The second-order valence-electron chi connectivity index (χ2n) is 6.73. The van der Waals surface area contributed by atoms with E-state index >= 15 is 0 Å². The van der Waals surface area contributed by atoms with E-state index in [1.165, 1.54) is 24.0 Å². The van der Waals surface area contributed by atoms with Crippen molar-refractivity contribution in [1.82, 2.24) is 15.3 Å². The van der Waals surface area contributed by atoms with E-state index in [0.717, 1.165) is 24.1 Å². The summed E-state index contributed by atoms with van der Waals surface area (Å²) < 4.78 is 0. The van der Waals surface area contributed by atoms with Crippen molar-refractivity contribution >= 4 is 0 Å². The fourth-order valence-electron chi connectivity index (χ4n) is 2.28. The van der Waals surface area contributed by atoms with Crippen LogP contribution in [-0.4, -0.2) is 16.0 Å². The fraction of sp³-hybridized carbons (Fsp3) is 0.471. The molecule has 1 aliphatic carbocycles. The van der Waals surface area contributed by atoms with Gasteiger partial charge in [-0.25, -0.2) is 4.98 Å². The average Bonchev–Trinajstić information content (AvgIpc) is 3.13. The molecule has 0 radical (unpaired) electrons. The molecule has 0 unspecified atom stereocenters. The van der Waals surface area contributed by atoms with Gasteiger partial charge >= 0.3 is 0 Å². The normalized spacial score (nSPS) is 15.6. The van der Waals surface area contributed by atoms with E-state index in [1.807, 2.05) is 6.20 Å². The minimum atomic E-state index is 0.200. The third kappa shape index (κ3) is 3.10. The molecule has 0 aliphatic heterocycles. The van der Waals surface area contributed by atoms with Gasteiger partial charge < -0.3 is 10.3 Å². The number of imidazole rings is 1. The van der Waals surface area contributed by atoms with Crippen LogP contribution in [0.5, 0.6) is 0 Å². The third-order valence-electron chi connectivity index (χ3n) is 3.83. The molecular formula is C17H23N3. The molecule has 2 aromatic rings. The van der Waals surface area contributed by atoms with Crippen LogP contribution in [0.1, 0.15) is 45.0 Å². The first-order valence-corrected chi connectivity index (χ1v) is 7.40. The number of H-pyrrole nitrogens is 1. The summed E-state index contributed by atoms with van der Waals surface area (Å²) in [4.78, 5) is 7.84. The monoisotopic (exact) mass is 269 g/mol. The minimum absolute atomic E-state index is 0.200. The van der Waals surface area contributed by atoms with Gasteiger partial charge in [-0.1, -0.05) is 45.0 Å². The van der Waals surface area contributed by atoms with E-state index in [1.54, 1.807) is 0 Å². The molecule has 1 aromatic heterocycles. The van der Waals surface area contributed by atoms with Crippen LogP contribution in [-0.2, 0) is 12.0 Å². The Labute approximate surface area is 120 Å². The van der Waals surface area contributed by atoms with Crippen molar-refractivity contribution in [3.63, 3.8) is 0 Å². The lowest BCUT2D eigenvalue weighted by Gasteiger charge is -2.18. The predicted molar refractivity (Wildman–Crippen MR) is 82.6 cm³/mol. The molecule has 3 heteroatoms. The molecule has 0 amide bonds. The SMILES string of the molecule is CC(C)(C)c1ccc(-c2cnc(CNC3CC3)[nH]2)cc1. The highest BCUT2D eigenvalue weighted by Gasteiger charge is 2.20. The summed E-state index contributed by atoms with van der Waals surface area (Å²) >= 11 is 0. The Hall–Kier alpha value is -1.61. The van der Waals surface area contributed by atoms with Gasteiger partial charge in [0.05, 0.1) is 18.4 Å². The summed E-state index contributed by atoms with van der Waals surface area (Å²) in [5, 5.41) is 3.47. The lowest BCUT2D eigenvalue weighted by Crippen LogP contribution is -2.16. The van der Waals surface area contributed by atoms with E-state index in [4.69, 9.17) is 0 Å². The molecule has 20 heavy (non-hydrogen) atoms. The highest BCUT2D eigenvalue weighted by Crippen LogP contribution is 2.25. The van der Waals surface area contributed by atoms with Gasteiger partial charge in [-0.2, -0.15) is 0 Å². The van der Waals surface area contributed by atoms with E-state index in [2.05, 4.69) is 60.3 Å². The molecule has 3 nitrogen and oxygen atoms in total. The number of aromatic amines is 1. The van der Waals surface area contributed by atoms with E-state index in [9.17, 15) is 0 Å². The molecule has 1 aromatic carbocycles. The second-order valence-corrected chi connectivity index (χ2v) is 6.73. The number of rotatable bonds is 4. The Balaban J connectivity index is 1.71. The molecule has 1 aliphatic rings. The van der Waals surface area contributed by atoms with Gasteiger partial charge in [-0.05, 0) is 29.4 Å². The highest BCUT2D eigenvalue weighted by atomic mass is 15.0. The van der Waals surface area contributed by atoms with Gasteiger partial charge in [0.25, 0.3) is 0 Å². The topological polar surface area (TPSA) is 40.7 Å². The van der Waals surface area contributed by atoms with Crippen molar-refractivity contribution in [3.05, 3.63) is 41.9 Å². The van der Waals surface area contributed by atoms with Crippen LogP contribution in [0.25, 0.3) is 11.3 Å². The fourth-order valence-corrected chi connectivity index (χ4v) is 2.28. The first kappa shape index (κ1) is 13.4. The quantitative estimate of drug-likeness (QED) is 0.890. The molecule has 1 heterocycles. The standard InChI is InChI=1S/C17H23N3/c1-17(2,3)13-6-4-12(5-7-13)15-10-19-16(20-15)11-18-14-8-9-14/h4-7,10,14,18H,8-9,11H2,1-3H3,(H,19,20). The lowest BCUT2D eigenvalue weighted by atomic mass is 9.86. The van der Waals surface area contributed by atoms with Crippen LogP contribution in [0.4, 0.5) is 0 Å². The van der Waals surface area contributed by atoms with Crippen LogP contribution in [0.3, 0.4) is 0 Å². The van der Waals surface area contributed by atoms with Crippen molar-refractivity contribution < 1.29 is 0 Å². The first-order valence-electron chi connectivity index (χ1n) is 7.40. The third-order valence-corrected chi connectivity index (χ3v) is 3.83. The summed E-state index contributed by atoms with van der Waals surface area (Å²) in [6.07, 6.45) is 4.54. The van der Waals surface area contributed by atoms with Gasteiger partial charge in [-0.3, -0.25) is 0 Å². The average molecular weight is 269 g/mol. The number of hydrogen-bond acceptors (Lipinski definition) is 2. The summed E-state index contributed by atoms with van der Waals surface area (Å²) in [5.74, 6) is 1.02.